The third-order valence-electron chi connectivity index (χ3n) is 18.7. The molecule has 4 aromatic carbocycles. The van der Waals surface area contributed by atoms with Crippen molar-refractivity contribution in [3.8, 4) is 20.9 Å². The zero-order valence-electron chi connectivity index (χ0n) is 53.4. The number of nitrogens with zero attached hydrogens (tertiary/aromatic N) is 5. The predicted molar refractivity (Wildman–Crippen MR) is 385 cm³/mol. The fourth-order valence-electron chi connectivity index (χ4n) is 13.3. The van der Waals surface area contributed by atoms with Gasteiger partial charge in [-0.1, -0.05) is 48.0 Å². The summed E-state index contributed by atoms with van der Waals surface area (Å²) in [6.45, 7) is 12.9. The second-order valence-electron chi connectivity index (χ2n) is 24.9. The molecular weight excluding hydrogens is 1320 g/mol. The molecule has 0 unspecified atom stereocenters. The Morgan fingerprint density at radius 3 is 1.48 bits per heavy atom. The summed E-state index contributed by atoms with van der Waals surface area (Å²) in [4.78, 5) is 97.1. The summed E-state index contributed by atoms with van der Waals surface area (Å²) >= 11 is 12.1. The van der Waals surface area contributed by atoms with E-state index in [-0.39, 0.29) is 51.7 Å². The van der Waals surface area contributed by atoms with Gasteiger partial charge in [0.2, 0.25) is 0 Å². The van der Waals surface area contributed by atoms with Gasteiger partial charge in [0.1, 0.15) is 20.7 Å². The number of rotatable bonds is 11. The lowest BCUT2D eigenvalue weighted by atomic mass is 9.73. The SMILES string of the molecule is C1CC2(CCO1)CNC2.CCOC(=O)c1cc2c(s1)-c1ccccc1N(C(=O)c1ccc(NC(=O)c3cc4sccc4nc3Cl)cc1)CC2.CCOC(=O)c1cc2c(s1)-c1ccccc1N(C(=O)c1ccc(NC(=O)c3cc4sccc4nc3N3CC4(CCOCC4)C3)cc1)CC2. The first-order chi connectivity index (χ1) is 47.2. The van der Waals surface area contributed by atoms with Gasteiger partial charge in [0.25, 0.3) is 23.6 Å². The Bertz CT molecular complexity index is 4630. The molecule has 4 fully saturated rings. The summed E-state index contributed by atoms with van der Waals surface area (Å²) in [5.74, 6) is -0.821. The molecule has 0 saturated carbocycles. The van der Waals surface area contributed by atoms with Crippen molar-refractivity contribution in [1.29, 1.82) is 0 Å². The maximum atomic E-state index is 13.9. The number of halogens is 1. The number of nitrogens with one attached hydrogen (secondary N) is 3. The average Bonchev–Trinajstić information content (AvgIpc) is 1.65. The van der Waals surface area contributed by atoms with Crippen molar-refractivity contribution in [2.24, 2.45) is 10.8 Å². The Morgan fingerprint density at radius 1 is 0.567 bits per heavy atom. The molecule has 0 radical (unpaired) electrons. The van der Waals surface area contributed by atoms with Crippen LogP contribution in [-0.4, -0.2) is 124 Å². The van der Waals surface area contributed by atoms with Crippen molar-refractivity contribution >= 4 is 142 Å². The van der Waals surface area contributed by atoms with E-state index in [0.717, 1.165) is 116 Å². The van der Waals surface area contributed by atoms with E-state index in [4.69, 9.17) is 35.5 Å². The zero-order valence-corrected chi connectivity index (χ0v) is 57.4. The lowest BCUT2D eigenvalue weighted by molar-refractivity contribution is -0.0130. The molecule has 0 aliphatic carbocycles. The Labute approximate surface area is 581 Å². The number of fused-ring (bicyclic) bond motifs is 8. The number of amides is 4. The normalized spacial score (nSPS) is 16.3. The van der Waals surface area contributed by atoms with Gasteiger partial charge in [0.05, 0.1) is 56.1 Å². The van der Waals surface area contributed by atoms with Crippen LogP contribution in [0.1, 0.15) is 111 Å². The number of hydrogen-bond donors (Lipinski definition) is 3. The van der Waals surface area contributed by atoms with Crippen LogP contribution in [0.15, 0.2) is 144 Å². The van der Waals surface area contributed by atoms with Crippen LogP contribution in [0.2, 0.25) is 5.15 Å². The van der Waals surface area contributed by atoms with Gasteiger partial charge in [-0.15, -0.1) is 45.3 Å². The number of esters is 2. The molecule has 6 aliphatic rings. The first kappa shape index (κ1) is 65.6. The molecule has 2 spiro atoms. The highest BCUT2D eigenvalue weighted by Crippen LogP contribution is 2.46. The van der Waals surface area contributed by atoms with Gasteiger partial charge in [0.15, 0.2) is 0 Å². The Balaban J connectivity index is 0.000000149. The fraction of sp³-hybridized carbons (Fsp3) is 0.297. The van der Waals surface area contributed by atoms with E-state index in [9.17, 15) is 28.8 Å². The molecule has 4 saturated heterocycles. The third kappa shape index (κ3) is 13.7. The summed E-state index contributed by atoms with van der Waals surface area (Å²) in [7, 11) is 0. The van der Waals surface area contributed by atoms with Crippen molar-refractivity contribution in [3.05, 3.63) is 193 Å². The highest BCUT2D eigenvalue weighted by molar-refractivity contribution is 7.18. The van der Waals surface area contributed by atoms with E-state index in [1.54, 1.807) is 89.6 Å². The number of carbonyl (C=O) groups is 6. The minimum Gasteiger partial charge on any atom is -0.462 e. The number of thiophene rings is 4. The minimum atomic E-state index is -0.373. The van der Waals surface area contributed by atoms with E-state index < -0.39 is 0 Å². The Hall–Kier alpha value is -8.71. The number of anilines is 5. The molecule has 16 rings (SSSR count). The lowest BCUT2D eigenvalue weighted by Gasteiger charge is -2.53. The standard InChI is InChI=1S/C37H34N4O5S2.C30H22ClN3O4S2.C7H13NO/c1-2-46-36(44)31-19-24-11-15-41(29-6-4-3-5-26(29)32(24)48-31)35(43)23-7-9-25(10-8-23)38-34(42)27-20-30-28(12-18-47-30)39-33(27)40-21-37(22-40)13-16-45-17-14-37;1-2-38-30(37)25-15-18-11-13-34(23-6-4-3-5-20(23)26(18)40-25)29(36)17-7-9-19(10-8-17)32-28(35)21-16-24-22(12-14-39-24)33-27(21)31;1-3-9-4-2-7(1)5-8-6-7/h3-10,12,18-20H,2,11,13-17,21-22H2,1H3,(H,38,42);3-10,12,14-16H,2,11,13H2,1H3,(H,32,35);8H,1-6H2. The number of ether oxygens (including phenoxy) is 4. The summed E-state index contributed by atoms with van der Waals surface area (Å²) in [5, 5.41) is 13.2. The van der Waals surface area contributed by atoms with Crippen LogP contribution in [0, 0.1) is 10.8 Å². The van der Waals surface area contributed by atoms with Crippen LogP contribution in [0.5, 0.6) is 0 Å². The van der Waals surface area contributed by atoms with Crippen molar-refractivity contribution in [3.63, 3.8) is 0 Å². The highest BCUT2D eigenvalue weighted by atomic mass is 35.5. The number of pyridine rings is 2. The van der Waals surface area contributed by atoms with Gasteiger partial charge in [-0.2, -0.15) is 0 Å². The van der Waals surface area contributed by atoms with Gasteiger partial charge in [-0.3, -0.25) is 19.2 Å². The number of aromatic nitrogens is 2. The van der Waals surface area contributed by atoms with E-state index in [1.165, 1.54) is 59.9 Å². The predicted octanol–water partition coefficient (Wildman–Crippen LogP) is 15.0. The van der Waals surface area contributed by atoms with E-state index in [0.29, 0.717) is 88.2 Å². The van der Waals surface area contributed by atoms with Gasteiger partial charge in [-0.25, -0.2) is 19.6 Å². The fourth-order valence-corrected chi connectivity index (χ4v) is 17.3. The van der Waals surface area contributed by atoms with Crippen LogP contribution in [-0.2, 0) is 31.8 Å². The summed E-state index contributed by atoms with van der Waals surface area (Å²) in [5.41, 5.74) is 11.0. The molecule has 496 valence electrons. The Kier molecular flexibility index (Phi) is 19.2. The van der Waals surface area contributed by atoms with Crippen LogP contribution in [0.25, 0.3) is 41.3 Å². The number of hydrogen-bond acceptors (Lipinski definition) is 18. The van der Waals surface area contributed by atoms with Crippen molar-refractivity contribution < 1.29 is 47.7 Å². The summed E-state index contributed by atoms with van der Waals surface area (Å²) in [6, 6.07) is 40.6. The number of carbonyl (C=O) groups excluding carboxylic acids is 6. The van der Waals surface area contributed by atoms with Crippen molar-refractivity contribution in [1.82, 2.24) is 15.3 Å². The lowest BCUT2D eigenvalue weighted by Crippen LogP contribution is -2.59. The molecule has 3 N–H and O–H groups in total. The van der Waals surface area contributed by atoms with Crippen LogP contribution in [0.3, 0.4) is 0 Å². The van der Waals surface area contributed by atoms with Crippen LogP contribution >= 0.6 is 56.9 Å². The van der Waals surface area contributed by atoms with Crippen molar-refractivity contribution in [2.75, 3.05) is 104 Å². The zero-order chi connectivity index (χ0) is 66.8. The molecule has 97 heavy (non-hydrogen) atoms. The Morgan fingerprint density at radius 2 is 1.02 bits per heavy atom. The molecule has 0 bridgehead atoms. The molecule has 23 heteroatoms. The van der Waals surface area contributed by atoms with E-state index >= 15 is 0 Å². The topological polar surface area (TPSA) is 211 Å². The second-order valence-corrected chi connectivity index (χ2v) is 29.2. The molecular formula is C74H69ClN8O10S4. The van der Waals surface area contributed by atoms with Gasteiger partial charge in [-0.05, 0) is 177 Å². The van der Waals surface area contributed by atoms with E-state index in [1.807, 2.05) is 89.6 Å². The van der Waals surface area contributed by atoms with Gasteiger partial charge in [0, 0.05) is 114 Å². The largest absolute Gasteiger partial charge is 0.462 e. The molecule has 12 heterocycles. The van der Waals surface area contributed by atoms with Crippen LogP contribution < -0.4 is 30.7 Å². The number of benzene rings is 4. The quantitative estimate of drug-likeness (QED) is 0.0813. The third-order valence-corrected chi connectivity index (χ3v) is 23.1. The first-order valence-electron chi connectivity index (χ1n) is 32.5. The average molecular weight is 1390 g/mol. The van der Waals surface area contributed by atoms with Gasteiger partial charge >= 0.3 is 11.9 Å². The maximum Gasteiger partial charge on any atom is 0.348 e. The minimum absolute atomic E-state index is 0.129. The monoisotopic (exact) mass is 1390 g/mol. The van der Waals surface area contributed by atoms with Crippen molar-refractivity contribution in [2.45, 2.75) is 52.4 Å². The van der Waals surface area contributed by atoms with Crippen LogP contribution in [0.4, 0.5) is 28.6 Å². The first-order valence-corrected chi connectivity index (χ1v) is 36.3. The molecule has 6 aromatic heterocycles. The van der Waals surface area contributed by atoms with E-state index in [2.05, 4.69) is 25.8 Å². The molecule has 0 atom stereocenters. The second kappa shape index (κ2) is 28.4. The van der Waals surface area contributed by atoms with Gasteiger partial charge < -0.3 is 49.6 Å². The maximum absolute atomic E-state index is 13.9. The highest BCUT2D eigenvalue weighted by Gasteiger charge is 2.46. The number of para-hydroxylation sites is 2. The summed E-state index contributed by atoms with van der Waals surface area (Å²) in [6.07, 6.45) is 5.83. The smallest absolute Gasteiger partial charge is 0.348 e. The molecule has 6 aliphatic heterocycles. The molecule has 10 aromatic rings. The summed E-state index contributed by atoms with van der Waals surface area (Å²) < 4.78 is 23.1. The molecule has 18 nitrogen and oxygen atoms in total. The molecule has 4 amide bonds.